The maximum atomic E-state index is 12.5. The summed E-state index contributed by atoms with van der Waals surface area (Å²) in [6, 6.07) is 20.9. The van der Waals surface area contributed by atoms with Crippen LogP contribution >= 0.6 is 0 Å². The number of anilines is 2. The van der Waals surface area contributed by atoms with E-state index < -0.39 is 0 Å². The van der Waals surface area contributed by atoms with Gasteiger partial charge in [0.05, 0.1) is 0 Å². The summed E-state index contributed by atoms with van der Waals surface area (Å²) in [6.07, 6.45) is 0. The molecule has 1 aliphatic heterocycles. The van der Waals surface area contributed by atoms with E-state index in [4.69, 9.17) is 9.47 Å². The molecule has 0 radical (unpaired) electrons. The van der Waals surface area contributed by atoms with Crippen LogP contribution in [0.1, 0.15) is 20.7 Å². The van der Waals surface area contributed by atoms with E-state index >= 15 is 0 Å². The lowest BCUT2D eigenvalue weighted by Crippen LogP contribution is -2.16. The molecule has 28 heavy (non-hydrogen) atoms. The number of fused-ring (bicyclic) bond motifs is 1. The van der Waals surface area contributed by atoms with Gasteiger partial charge >= 0.3 is 0 Å². The fourth-order valence-electron chi connectivity index (χ4n) is 2.82. The molecule has 3 aromatic carbocycles. The van der Waals surface area contributed by atoms with Gasteiger partial charge in [-0.15, -0.1) is 0 Å². The molecule has 140 valence electrons. The van der Waals surface area contributed by atoms with Gasteiger partial charge in [-0.3, -0.25) is 9.59 Å². The molecule has 0 aromatic heterocycles. The van der Waals surface area contributed by atoms with Crippen molar-refractivity contribution >= 4 is 23.2 Å². The third-order valence-corrected chi connectivity index (χ3v) is 4.24. The minimum atomic E-state index is -0.252. The molecule has 0 saturated heterocycles. The van der Waals surface area contributed by atoms with Gasteiger partial charge in [-0.25, -0.2) is 0 Å². The average Bonchev–Trinajstić information content (AvgIpc) is 2.75. The van der Waals surface area contributed by atoms with E-state index in [0.29, 0.717) is 47.2 Å². The molecule has 6 nitrogen and oxygen atoms in total. The van der Waals surface area contributed by atoms with Crippen LogP contribution in [0.25, 0.3) is 0 Å². The van der Waals surface area contributed by atoms with Gasteiger partial charge in [0.15, 0.2) is 11.5 Å². The largest absolute Gasteiger partial charge is 0.486 e. The molecule has 0 atom stereocenters. The Hall–Kier alpha value is -3.80. The summed E-state index contributed by atoms with van der Waals surface area (Å²) in [7, 11) is 0. The number of amides is 2. The standard InChI is InChI=1S/C22H18N2O4/c25-21(15-4-2-1-3-5-15)23-17-8-6-16(7-9-17)22(26)24-18-10-11-19-20(14-18)28-13-12-27-19/h1-11,14H,12-13H2,(H,23,25)(H,24,26). The van der Waals surface area contributed by atoms with Crippen molar-refractivity contribution in [3.63, 3.8) is 0 Å². The van der Waals surface area contributed by atoms with Gasteiger partial charge in [0.25, 0.3) is 11.8 Å². The maximum absolute atomic E-state index is 12.5. The fraction of sp³-hybridized carbons (Fsp3) is 0.0909. The van der Waals surface area contributed by atoms with Gasteiger partial charge in [-0.2, -0.15) is 0 Å². The Morgan fingerprint density at radius 1 is 0.643 bits per heavy atom. The van der Waals surface area contributed by atoms with Crippen LogP contribution in [0, 0.1) is 0 Å². The molecule has 0 unspecified atom stereocenters. The third kappa shape index (κ3) is 3.96. The maximum Gasteiger partial charge on any atom is 0.255 e. The molecule has 4 rings (SSSR count). The first-order valence-electron chi connectivity index (χ1n) is 8.86. The van der Waals surface area contributed by atoms with E-state index in [1.807, 2.05) is 6.07 Å². The molecule has 0 aliphatic carbocycles. The molecule has 1 aliphatic rings. The summed E-state index contributed by atoms with van der Waals surface area (Å²) in [6.45, 7) is 1.01. The molecule has 0 saturated carbocycles. The molecule has 0 spiro atoms. The van der Waals surface area contributed by atoms with Crippen molar-refractivity contribution in [1.29, 1.82) is 0 Å². The Labute approximate surface area is 162 Å². The lowest BCUT2D eigenvalue weighted by atomic mass is 10.1. The van der Waals surface area contributed by atoms with Crippen LogP contribution in [0.2, 0.25) is 0 Å². The second-order valence-electron chi connectivity index (χ2n) is 6.21. The van der Waals surface area contributed by atoms with Crippen LogP contribution in [0.3, 0.4) is 0 Å². The number of hydrogen-bond donors (Lipinski definition) is 2. The normalized spacial score (nSPS) is 12.1. The van der Waals surface area contributed by atoms with Gasteiger partial charge in [0.1, 0.15) is 13.2 Å². The summed E-state index contributed by atoms with van der Waals surface area (Å²) >= 11 is 0. The lowest BCUT2D eigenvalue weighted by Gasteiger charge is -2.19. The van der Waals surface area contributed by atoms with E-state index in [1.165, 1.54) is 0 Å². The van der Waals surface area contributed by atoms with Crippen LogP contribution in [0.15, 0.2) is 72.8 Å². The van der Waals surface area contributed by atoms with E-state index in [1.54, 1.807) is 66.7 Å². The SMILES string of the molecule is O=C(Nc1ccc(C(=O)Nc2ccc3c(c2)OCCO3)cc1)c1ccccc1. The van der Waals surface area contributed by atoms with Gasteiger partial charge in [-0.1, -0.05) is 18.2 Å². The van der Waals surface area contributed by atoms with Crippen LogP contribution in [0.4, 0.5) is 11.4 Å². The highest BCUT2D eigenvalue weighted by atomic mass is 16.6. The highest BCUT2D eigenvalue weighted by molar-refractivity contribution is 6.06. The van der Waals surface area contributed by atoms with Crippen molar-refractivity contribution in [2.45, 2.75) is 0 Å². The Morgan fingerprint density at radius 2 is 1.21 bits per heavy atom. The van der Waals surface area contributed by atoms with E-state index in [9.17, 15) is 9.59 Å². The number of nitrogens with one attached hydrogen (secondary N) is 2. The van der Waals surface area contributed by atoms with Crippen LogP contribution in [-0.2, 0) is 0 Å². The summed E-state index contributed by atoms with van der Waals surface area (Å²) in [4.78, 5) is 24.6. The van der Waals surface area contributed by atoms with Gasteiger partial charge in [0, 0.05) is 28.6 Å². The van der Waals surface area contributed by atoms with E-state index in [2.05, 4.69) is 10.6 Å². The minimum absolute atomic E-state index is 0.200. The Kier molecular flexibility index (Phi) is 4.93. The molecule has 1 heterocycles. The van der Waals surface area contributed by atoms with E-state index in [-0.39, 0.29) is 11.8 Å². The van der Waals surface area contributed by atoms with Crippen molar-refractivity contribution in [1.82, 2.24) is 0 Å². The molecule has 0 fully saturated rings. The fourth-order valence-corrected chi connectivity index (χ4v) is 2.82. The number of carbonyl (C=O) groups is 2. The average molecular weight is 374 g/mol. The van der Waals surface area contributed by atoms with Crippen molar-refractivity contribution in [2.75, 3.05) is 23.8 Å². The van der Waals surface area contributed by atoms with Crippen LogP contribution in [0.5, 0.6) is 11.5 Å². The number of ether oxygens (including phenoxy) is 2. The number of benzene rings is 3. The van der Waals surface area contributed by atoms with Crippen LogP contribution < -0.4 is 20.1 Å². The molecule has 2 amide bonds. The molecule has 2 N–H and O–H groups in total. The van der Waals surface area contributed by atoms with Gasteiger partial charge in [-0.05, 0) is 48.5 Å². The highest BCUT2D eigenvalue weighted by Crippen LogP contribution is 2.32. The molecule has 3 aromatic rings. The Morgan fingerprint density at radius 3 is 1.93 bits per heavy atom. The number of rotatable bonds is 4. The van der Waals surface area contributed by atoms with Crippen molar-refractivity contribution < 1.29 is 19.1 Å². The summed E-state index contributed by atoms with van der Waals surface area (Å²) in [5.41, 5.74) is 2.29. The number of hydrogen-bond acceptors (Lipinski definition) is 4. The summed E-state index contributed by atoms with van der Waals surface area (Å²) in [5, 5.41) is 5.64. The molecule has 6 heteroatoms. The zero-order valence-electron chi connectivity index (χ0n) is 15.0. The third-order valence-electron chi connectivity index (χ3n) is 4.24. The second-order valence-corrected chi connectivity index (χ2v) is 6.21. The zero-order chi connectivity index (χ0) is 19.3. The lowest BCUT2D eigenvalue weighted by molar-refractivity contribution is 0.102. The first-order chi connectivity index (χ1) is 13.7. The Balaban J connectivity index is 1.41. The summed E-state index contributed by atoms with van der Waals surface area (Å²) in [5.74, 6) is 0.831. The molecule has 0 bridgehead atoms. The van der Waals surface area contributed by atoms with E-state index in [0.717, 1.165) is 0 Å². The summed E-state index contributed by atoms with van der Waals surface area (Å²) < 4.78 is 11.0. The minimum Gasteiger partial charge on any atom is -0.486 e. The zero-order valence-corrected chi connectivity index (χ0v) is 15.0. The van der Waals surface area contributed by atoms with Gasteiger partial charge in [0.2, 0.25) is 0 Å². The topological polar surface area (TPSA) is 76.7 Å². The predicted octanol–water partition coefficient (Wildman–Crippen LogP) is 3.96. The highest BCUT2D eigenvalue weighted by Gasteiger charge is 2.13. The first-order valence-corrected chi connectivity index (χ1v) is 8.86. The number of carbonyl (C=O) groups excluding carboxylic acids is 2. The van der Waals surface area contributed by atoms with Crippen molar-refractivity contribution in [2.24, 2.45) is 0 Å². The smallest absolute Gasteiger partial charge is 0.255 e. The van der Waals surface area contributed by atoms with Gasteiger partial charge < -0.3 is 20.1 Å². The molecular formula is C22H18N2O4. The molecular weight excluding hydrogens is 356 g/mol. The second kappa shape index (κ2) is 7.84. The van der Waals surface area contributed by atoms with Crippen molar-refractivity contribution in [3.05, 3.63) is 83.9 Å². The quantitative estimate of drug-likeness (QED) is 0.725. The van der Waals surface area contributed by atoms with Crippen molar-refractivity contribution in [3.8, 4) is 11.5 Å². The Bertz CT molecular complexity index is 1000. The van der Waals surface area contributed by atoms with Crippen LogP contribution in [-0.4, -0.2) is 25.0 Å². The predicted molar refractivity (Wildman–Crippen MR) is 106 cm³/mol. The monoisotopic (exact) mass is 374 g/mol. The first kappa shape index (κ1) is 17.6.